The fourth-order valence-corrected chi connectivity index (χ4v) is 6.60. The van der Waals surface area contributed by atoms with Crippen LogP contribution in [0.4, 0.5) is 4.79 Å². The summed E-state index contributed by atoms with van der Waals surface area (Å²) in [5, 5.41) is 13.3. The maximum absolute atomic E-state index is 13.6. The van der Waals surface area contributed by atoms with Crippen LogP contribution in [0.25, 0.3) is 0 Å². The Balaban J connectivity index is 1.23. The summed E-state index contributed by atoms with van der Waals surface area (Å²) in [6.07, 6.45) is 8.18. The summed E-state index contributed by atoms with van der Waals surface area (Å²) in [4.78, 5) is 42.3. The molecule has 4 rings (SSSR count). The zero-order valence-corrected chi connectivity index (χ0v) is 26.1. The molecule has 1 aliphatic carbocycles. The molecule has 0 radical (unpaired) electrons. The number of amides is 2. The monoisotopic (exact) mass is 605 g/mol. The van der Waals surface area contributed by atoms with Crippen molar-refractivity contribution in [3.63, 3.8) is 0 Å². The van der Waals surface area contributed by atoms with E-state index in [0.717, 1.165) is 70.0 Å². The molecule has 3 fully saturated rings. The maximum Gasteiger partial charge on any atom is 0.408 e. The molecule has 0 unspecified atom stereocenters. The van der Waals surface area contributed by atoms with Crippen molar-refractivity contribution < 1.29 is 29.0 Å². The van der Waals surface area contributed by atoms with Crippen molar-refractivity contribution in [2.75, 3.05) is 32.7 Å². The molecule has 234 valence electrons. The first-order valence-electron chi connectivity index (χ1n) is 15.6. The fourth-order valence-electron chi connectivity index (χ4n) is 6.47. The van der Waals surface area contributed by atoms with Crippen LogP contribution in [0.5, 0.6) is 0 Å². The van der Waals surface area contributed by atoms with Gasteiger partial charge >= 0.3 is 12.1 Å². The van der Waals surface area contributed by atoms with Gasteiger partial charge in [0.2, 0.25) is 5.91 Å². The van der Waals surface area contributed by atoms with Crippen LogP contribution in [-0.2, 0) is 19.1 Å². The van der Waals surface area contributed by atoms with E-state index in [1.807, 2.05) is 25.7 Å². The van der Waals surface area contributed by atoms with E-state index in [-0.39, 0.29) is 24.0 Å². The molecule has 0 spiro atoms. The number of carbonyl (C=O) groups excluding carboxylic acids is 2. The number of nitrogens with one attached hydrogen (secondary N) is 1. The zero-order valence-electron chi connectivity index (χ0n) is 25.4. The SMILES string of the molecule is CC(C)(C)OC(=O)N[C@@H](C(=O)N1CCC(OC2CCN(C[C@@H](C(=O)O)c3ccc(Cl)cc3)CC2)CC1)C1CCCCC1. The highest BCUT2D eigenvalue weighted by Gasteiger charge is 2.37. The van der Waals surface area contributed by atoms with Gasteiger partial charge in [0.15, 0.2) is 0 Å². The summed E-state index contributed by atoms with van der Waals surface area (Å²) < 4.78 is 12.0. The molecule has 2 amide bonds. The third kappa shape index (κ3) is 9.58. The van der Waals surface area contributed by atoms with E-state index in [1.165, 1.54) is 6.42 Å². The Morgan fingerprint density at radius 3 is 2.05 bits per heavy atom. The van der Waals surface area contributed by atoms with Gasteiger partial charge in [0.25, 0.3) is 0 Å². The van der Waals surface area contributed by atoms with Crippen LogP contribution in [-0.4, -0.2) is 89.5 Å². The first-order chi connectivity index (χ1) is 20.0. The second-order valence-corrected chi connectivity index (χ2v) is 13.6. The number of rotatable bonds is 9. The van der Waals surface area contributed by atoms with Crippen LogP contribution >= 0.6 is 11.6 Å². The number of piperidine rings is 2. The number of alkyl carbamates (subject to hydrolysis) is 1. The molecule has 1 aromatic carbocycles. The molecule has 0 aromatic heterocycles. The third-order valence-electron chi connectivity index (χ3n) is 8.74. The van der Waals surface area contributed by atoms with E-state index in [1.54, 1.807) is 24.3 Å². The molecule has 0 bridgehead atoms. The van der Waals surface area contributed by atoms with Crippen molar-refractivity contribution in [3.05, 3.63) is 34.9 Å². The lowest BCUT2D eigenvalue weighted by Gasteiger charge is -2.39. The number of hydrogen-bond acceptors (Lipinski definition) is 6. The van der Waals surface area contributed by atoms with E-state index < -0.39 is 29.6 Å². The van der Waals surface area contributed by atoms with Crippen molar-refractivity contribution in [3.8, 4) is 0 Å². The molecule has 2 atom stereocenters. The second kappa shape index (κ2) is 14.9. The lowest BCUT2D eigenvalue weighted by atomic mass is 9.83. The summed E-state index contributed by atoms with van der Waals surface area (Å²) in [6.45, 7) is 8.75. The largest absolute Gasteiger partial charge is 0.481 e. The van der Waals surface area contributed by atoms with E-state index in [2.05, 4.69) is 10.2 Å². The minimum absolute atomic E-state index is 0.00631. The predicted octanol–water partition coefficient (Wildman–Crippen LogP) is 5.45. The molecule has 2 saturated heterocycles. The van der Waals surface area contributed by atoms with Gasteiger partial charge in [0.1, 0.15) is 11.6 Å². The molecule has 9 nitrogen and oxygen atoms in total. The molecule has 3 aliphatic rings. The Bertz CT molecular complexity index is 1040. The Kier molecular flexibility index (Phi) is 11.5. The predicted molar refractivity (Wildman–Crippen MR) is 162 cm³/mol. The highest BCUT2D eigenvalue weighted by atomic mass is 35.5. The van der Waals surface area contributed by atoms with Gasteiger partial charge in [-0.25, -0.2) is 4.79 Å². The molecule has 1 saturated carbocycles. The number of carboxylic acids is 1. The first kappa shape index (κ1) is 32.6. The van der Waals surface area contributed by atoms with Crippen LogP contribution < -0.4 is 5.32 Å². The number of benzene rings is 1. The van der Waals surface area contributed by atoms with Crippen LogP contribution in [0.2, 0.25) is 5.02 Å². The molecule has 2 heterocycles. The number of carboxylic acid groups (broad SMARTS) is 1. The molecule has 1 aromatic rings. The van der Waals surface area contributed by atoms with Gasteiger partial charge in [-0.05, 0) is 82.9 Å². The molecule has 10 heteroatoms. The highest BCUT2D eigenvalue weighted by Crippen LogP contribution is 2.29. The Hall–Kier alpha value is -2.36. The Labute approximate surface area is 255 Å². The number of likely N-dealkylation sites (tertiary alicyclic amines) is 2. The summed E-state index contributed by atoms with van der Waals surface area (Å²) >= 11 is 5.98. The van der Waals surface area contributed by atoms with Crippen LogP contribution in [0, 0.1) is 5.92 Å². The molecule has 2 N–H and O–H groups in total. The van der Waals surface area contributed by atoms with Crippen molar-refractivity contribution in [2.24, 2.45) is 5.92 Å². The van der Waals surface area contributed by atoms with Gasteiger partial charge in [-0.1, -0.05) is 43.0 Å². The zero-order chi connectivity index (χ0) is 30.3. The average molecular weight is 606 g/mol. The first-order valence-corrected chi connectivity index (χ1v) is 16.0. The molecule has 42 heavy (non-hydrogen) atoms. The van der Waals surface area contributed by atoms with E-state index in [0.29, 0.717) is 24.7 Å². The average Bonchev–Trinajstić information content (AvgIpc) is 2.95. The van der Waals surface area contributed by atoms with Crippen molar-refractivity contribution in [1.29, 1.82) is 0 Å². The lowest BCUT2D eigenvalue weighted by molar-refractivity contribution is -0.139. The third-order valence-corrected chi connectivity index (χ3v) is 9.00. The summed E-state index contributed by atoms with van der Waals surface area (Å²) in [6, 6.07) is 6.50. The Morgan fingerprint density at radius 2 is 1.50 bits per heavy atom. The molecular formula is C32H48ClN3O6. The topological polar surface area (TPSA) is 108 Å². The van der Waals surface area contributed by atoms with Gasteiger partial charge in [-0.15, -0.1) is 0 Å². The molecular weight excluding hydrogens is 558 g/mol. The van der Waals surface area contributed by atoms with Gasteiger partial charge in [0.05, 0.1) is 18.1 Å². The lowest BCUT2D eigenvalue weighted by Crippen LogP contribution is -2.55. The summed E-state index contributed by atoms with van der Waals surface area (Å²) in [5.74, 6) is -1.29. The number of nitrogens with zero attached hydrogens (tertiary/aromatic N) is 2. The number of carbonyl (C=O) groups is 3. The Morgan fingerprint density at radius 1 is 0.929 bits per heavy atom. The van der Waals surface area contributed by atoms with Crippen molar-refractivity contribution in [1.82, 2.24) is 15.1 Å². The van der Waals surface area contributed by atoms with E-state index in [4.69, 9.17) is 21.1 Å². The number of aliphatic carboxylic acids is 1. The quantitative estimate of drug-likeness (QED) is 0.385. The highest BCUT2D eigenvalue weighted by molar-refractivity contribution is 6.30. The maximum atomic E-state index is 13.6. The van der Waals surface area contributed by atoms with Gasteiger partial charge < -0.3 is 29.7 Å². The minimum Gasteiger partial charge on any atom is -0.481 e. The standard InChI is InChI=1S/C32H48ClN3O6/c1-32(2,3)42-31(40)34-28(23-7-5-4-6-8-23)29(37)36-19-15-26(16-20-36)41-25-13-17-35(18-14-25)21-27(30(38)39)22-9-11-24(33)12-10-22/h9-12,23,25-28H,4-8,13-21H2,1-3H3,(H,34,40)(H,38,39)/t27-,28-/m1/s1. The van der Waals surface area contributed by atoms with E-state index >= 15 is 0 Å². The van der Waals surface area contributed by atoms with Crippen LogP contribution in [0.3, 0.4) is 0 Å². The fraction of sp³-hybridized carbons (Fsp3) is 0.719. The summed E-state index contributed by atoms with van der Waals surface area (Å²) in [7, 11) is 0. The van der Waals surface area contributed by atoms with Crippen molar-refractivity contribution >= 4 is 29.6 Å². The summed E-state index contributed by atoms with van der Waals surface area (Å²) in [5.41, 5.74) is 0.142. The minimum atomic E-state index is -0.830. The van der Waals surface area contributed by atoms with Gasteiger partial charge in [0, 0.05) is 37.7 Å². The van der Waals surface area contributed by atoms with Crippen LogP contribution in [0.1, 0.15) is 90.0 Å². The number of ether oxygens (including phenoxy) is 2. The number of hydrogen-bond donors (Lipinski definition) is 2. The van der Waals surface area contributed by atoms with Gasteiger partial charge in [-0.3, -0.25) is 9.59 Å². The normalized spacial score (nSPS) is 21.5. The van der Waals surface area contributed by atoms with Crippen molar-refractivity contribution in [2.45, 2.75) is 108 Å². The second-order valence-electron chi connectivity index (χ2n) is 13.1. The molecule has 2 aliphatic heterocycles. The van der Waals surface area contributed by atoms with Crippen LogP contribution in [0.15, 0.2) is 24.3 Å². The van der Waals surface area contributed by atoms with E-state index in [9.17, 15) is 19.5 Å². The smallest absolute Gasteiger partial charge is 0.408 e. The number of halogens is 1. The van der Waals surface area contributed by atoms with Gasteiger partial charge in [-0.2, -0.15) is 0 Å².